The van der Waals surface area contributed by atoms with Crippen molar-refractivity contribution in [3.05, 3.63) is 36.1 Å². The minimum atomic E-state index is -4.58. The first-order valence-electron chi connectivity index (χ1n) is 11.2. The van der Waals surface area contributed by atoms with Crippen molar-refractivity contribution in [2.24, 2.45) is 0 Å². The number of nitrogens with one attached hydrogen (secondary N) is 3. The van der Waals surface area contributed by atoms with Crippen LogP contribution in [-0.2, 0) is 4.79 Å². The van der Waals surface area contributed by atoms with Crippen molar-refractivity contribution in [3.63, 3.8) is 0 Å². The van der Waals surface area contributed by atoms with Gasteiger partial charge in [0, 0.05) is 13.1 Å². The number of ether oxygens (including phenoxy) is 1. The third-order valence-electron chi connectivity index (χ3n) is 5.94. The molecule has 3 aliphatic rings. The van der Waals surface area contributed by atoms with Crippen LogP contribution in [0.5, 0.6) is 5.75 Å². The number of allylic oxidation sites excluding steroid dienone is 1. The third-order valence-corrected chi connectivity index (χ3v) is 5.94. The number of dihydropyridines is 1. The van der Waals surface area contributed by atoms with E-state index in [1.807, 2.05) is 10.2 Å². The molecule has 196 valence electrons. The topological polar surface area (TPSA) is 152 Å². The van der Waals surface area contributed by atoms with Crippen molar-refractivity contribution in [1.29, 1.82) is 0 Å². The Labute approximate surface area is 203 Å². The molecule has 1 saturated heterocycles. The van der Waals surface area contributed by atoms with Gasteiger partial charge in [0.1, 0.15) is 30.6 Å². The smallest absolute Gasteiger partial charge is 0.408 e. The second kappa shape index (κ2) is 10.2. The predicted molar refractivity (Wildman–Crippen MR) is 118 cm³/mol. The molecule has 0 aromatic carbocycles. The third kappa shape index (κ3) is 5.46. The molecular weight excluding hydrogens is 487 g/mol. The van der Waals surface area contributed by atoms with Crippen LogP contribution in [0, 0.1) is 0 Å². The van der Waals surface area contributed by atoms with Crippen LogP contribution in [-0.4, -0.2) is 98.6 Å². The van der Waals surface area contributed by atoms with Crippen LogP contribution in [0.25, 0.3) is 0 Å². The van der Waals surface area contributed by atoms with Crippen LogP contribution >= 0.6 is 0 Å². The molecule has 5 N–H and O–H groups in total. The summed E-state index contributed by atoms with van der Waals surface area (Å²) in [6.45, 7) is 1.45. The van der Waals surface area contributed by atoms with Gasteiger partial charge in [-0.3, -0.25) is 15.0 Å². The van der Waals surface area contributed by atoms with Crippen LogP contribution in [0.4, 0.5) is 23.9 Å². The van der Waals surface area contributed by atoms with E-state index in [-0.39, 0.29) is 24.3 Å². The number of aliphatic hydroxyl groups is 2. The summed E-state index contributed by atoms with van der Waals surface area (Å²) >= 11 is 0. The predicted octanol–water partition coefficient (Wildman–Crippen LogP) is -0.105. The lowest BCUT2D eigenvalue weighted by Crippen LogP contribution is -2.57. The van der Waals surface area contributed by atoms with E-state index >= 15 is 0 Å². The number of nitrogens with zero attached hydrogens (tertiary/aromatic N) is 4. The Kier molecular flexibility index (Phi) is 7.21. The highest BCUT2D eigenvalue weighted by Crippen LogP contribution is 2.33. The fourth-order valence-electron chi connectivity index (χ4n) is 4.00. The molecule has 4 rings (SSSR count). The number of carbonyl (C=O) groups is 2. The van der Waals surface area contributed by atoms with Crippen LogP contribution in [0.1, 0.15) is 13.3 Å². The van der Waals surface area contributed by atoms with Gasteiger partial charge in [-0.1, -0.05) is 6.08 Å². The molecule has 1 aromatic heterocycles. The van der Waals surface area contributed by atoms with Crippen LogP contribution in [0.2, 0.25) is 0 Å². The van der Waals surface area contributed by atoms with E-state index in [2.05, 4.69) is 20.6 Å². The number of rotatable bonds is 7. The molecule has 2 bridgehead atoms. The molecule has 1 fully saturated rings. The highest BCUT2D eigenvalue weighted by atomic mass is 19.4. The summed E-state index contributed by atoms with van der Waals surface area (Å²) < 4.78 is 43.9. The van der Waals surface area contributed by atoms with Crippen molar-refractivity contribution < 1.29 is 37.7 Å². The summed E-state index contributed by atoms with van der Waals surface area (Å²) in [4.78, 5) is 37.2. The molecule has 1 unspecified atom stereocenters. The van der Waals surface area contributed by atoms with Crippen molar-refractivity contribution in [3.8, 4) is 5.75 Å². The fraction of sp³-hybridized carbons (Fsp3) is 0.524. The van der Waals surface area contributed by atoms with E-state index in [0.717, 1.165) is 6.92 Å². The van der Waals surface area contributed by atoms with Crippen LogP contribution in [0.15, 0.2) is 36.1 Å². The van der Waals surface area contributed by atoms with Gasteiger partial charge in [0.2, 0.25) is 11.9 Å². The lowest BCUT2D eigenvalue weighted by Gasteiger charge is -2.40. The second-order valence-electron chi connectivity index (χ2n) is 8.57. The Morgan fingerprint density at radius 1 is 1.33 bits per heavy atom. The van der Waals surface area contributed by atoms with Crippen molar-refractivity contribution >= 4 is 17.9 Å². The summed E-state index contributed by atoms with van der Waals surface area (Å²) in [7, 11) is 0. The zero-order valence-electron chi connectivity index (χ0n) is 19.2. The van der Waals surface area contributed by atoms with E-state index in [4.69, 9.17) is 9.84 Å². The minimum Gasteiger partial charge on any atom is -0.488 e. The number of hydrogen-bond acceptors (Lipinski definition) is 9. The lowest BCUT2D eigenvalue weighted by molar-refractivity contribution is -0.158. The first kappa shape index (κ1) is 25.5. The van der Waals surface area contributed by atoms with Crippen molar-refractivity contribution in [2.75, 3.05) is 31.6 Å². The Morgan fingerprint density at radius 2 is 2.06 bits per heavy atom. The van der Waals surface area contributed by atoms with Gasteiger partial charge in [-0.25, -0.2) is 14.8 Å². The van der Waals surface area contributed by atoms with E-state index in [0.29, 0.717) is 31.0 Å². The number of hydrogen-bond donors (Lipinski definition) is 5. The zero-order chi connectivity index (χ0) is 26.0. The van der Waals surface area contributed by atoms with E-state index in [1.165, 1.54) is 23.4 Å². The highest BCUT2D eigenvalue weighted by molar-refractivity contribution is 5.90. The monoisotopic (exact) mass is 513 g/mol. The number of amides is 3. The summed E-state index contributed by atoms with van der Waals surface area (Å²) in [6.07, 6.45) is 0.666. The SMILES string of the molecule is C[C@@H](NC(=O)C1C=CC2=C(N1)N(C(=O)Nc1ncc(OC[C@@H](O)CO)cn1)[C@H]1CCN2C1)C(F)(F)F. The summed E-state index contributed by atoms with van der Waals surface area (Å²) in [5.74, 6) is -0.379. The number of alkyl halides is 3. The summed E-state index contributed by atoms with van der Waals surface area (Å²) in [5.41, 5.74) is 0.652. The average molecular weight is 513 g/mol. The molecule has 4 atom stereocenters. The standard InChI is InChI=1S/C21H26F3N7O5/c1-11(21(22,23)24)27-18(34)15-2-3-16-17(28-15)31(12-4-5-30(16)8-12)20(35)29-19-25-6-14(7-26-19)36-10-13(33)9-32/h2-3,6-7,11-13,15,28,32-33H,4-5,8-10H2,1H3,(H,27,34)(H,25,26,29,35)/t11-,12+,13+,15?/m1/s1. The van der Waals surface area contributed by atoms with Gasteiger partial charge in [-0.15, -0.1) is 0 Å². The largest absolute Gasteiger partial charge is 0.488 e. The zero-order valence-corrected chi connectivity index (χ0v) is 19.2. The van der Waals surface area contributed by atoms with Crippen molar-refractivity contribution in [1.82, 2.24) is 30.4 Å². The number of urea groups is 1. The van der Waals surface area contributed by atoms with E-state index in [1.54, 1.807) is 6.08 Å². The maximum absolute atomic E-state index is 13.2. The van der Waals surface area contributed by atoms with Gasteiger partial charge in [0.15, 0.2) is 5.75 Å². The fourth-order valence-corrected chi connectivity index (χ4v) is 4.00. The number of halogens is 3. The van der Waals surface area contributed by atoms with Gasteiger partial charge >= 0.3 is 12.2 Å². The molecule has 1 aromatic rings. The van der Waals surface area contributed by atoms with Gasteiger partial charge < -0.3 is 30.5 Å². The van der Waals surface area contributed by atoms with Gasteiger partial charge in [0.05, 0.1) is 30.7 Å². The maximum Gasteiger partial charge on any atom is 0.408 e. The first-order chi connectivity index (χ1) is 17.1. The second-order valence-corrected chi connectivity index (χ2v) is 8.57. The van der Waals surface area contributed by atoms with Crippen LogP contribution < -0.4 is 20.7 Å². The molecule has 3 aliphatic heterocycles. The molecule has 15 heteroatoms. The number of aromatic nitrogens is 2. The Balaban J connectivity index is 1.45. The number of carbonyl (C=O) groups excluding carboxylic acids is 2. The van der Waals surface area contributed by atoms with E-state index in [9.17, 15) is 27.9 Å². The molecule has 0 radical (unpaired) electrons. The first-order valence-corrected chi connectivity index (χ1v) is 11.2. The Hall–Kier alpha value is -3.59. The highest BCUT2D eigenvalue weighted by Gasteiger charge is 2.43. The lowest BCUT2D eigenvalue weighted by atomic mass is 10.1. The Morgan fingerprint density at radius 3 is 2.72 bits per heavy atom. The number of fused-ring (bicyclic) bond motifs is 3. The molecule has 4 heterocycles. The molecule has 12 nitrogen and oxygen atoms in total. The molecule has 3 amide bonds. The van der Waals surface area contributed by atoms with E-state index < -0.39 is 42.9 Å². The normalized spacial score (nSPS) is 22.5. The van der Waals surface area contributed by atoms with Gasteiger partial charge in [0.25, 0.3) is 0 Å². The van der Waals surface area contributed by atoms with Crippen LogP contribution in [0.3, 0.4) is 0 Å². The molecule has 0 aliphatic carbocycles. The summed E-state index contributed by atoms with van der Waals surface area (Å²) in [6, 6.07) is -3.95. The minimum absolute atomic E-state index is 0.0303. The van der Waals surface area contributed by atoms with Gasteiger partial charge in [-0.05, 0) is 19.4 Å². The number of anilines is 1. The quantitative estimate of drug-likeness (QED) is 0.336. The van der Waals surface area contributed by atoms with Crippen molar-refractivity contribution in [2.45, 2.75) is 43.8 Å². The number of aliphatic hydroxyl groups excluding tert-OH is 2. The molecular formula is C21H26F3N7O5. The van der Waals surface area contributed by atoms with Gasteiger partial charge in [-0.2, -0.15) is 13.2 Å². The maximum atomic E-state index is 13.2. The Bertz CT molecular complexity index is 1050. The average Bonchev–Trinajstić information content (AvgIpc) is 3.26. The summed E-state index contributed by atoms with van der Waals surface area (Å²) in [5, 5.41) is 25.6. The molecule has 0 saturated carbocycles. The molecule has 0 spiro atoms. The molecule has 36 heavy (non-hydrogen) atoms.